The monoisotopic (exact) mass is 204 g/mol. The van der Waals surface area contributed by atoms with Crippen molar-refractivity contribution in [3.8, 4) is 0 Å². The highest BCUT2D eigenvalue weighted by Crippen LogP contribution is 2.57. The average Bonchev–Trinajstić information content (AvgIpc) is 2.14. The topological polar surface area (TPSA) is 0 Å². The maximum absolute atomic E-state index is 2.49. The summed E-state index contributed by atoms with van der Waals surface area (Å²) < 4.78 is 0. The maximum atomic E-state index is 2.49. The molecule has 0 heterocycles. The van der Waals surface area contributed by atoms with Crippen LogP contribution in [0, 0.1) is 29.6 Å². The summed E-state index contributed by atoms with van der Waals surface area (Å²) >= 11 is 0. The van der Waals surface area contributed by atoms with Gasteiger partial charge in [0, 0.05) is 0 Å². The van der Waals surface area contributed by atoms with Crippen molar-refractivity contribution in [2.75, 3.05) is 0 Å². The van der Waals surface area contributed by atoms with Crippen LogP contribution >= 0.6 is 0 Å². The molecule has 0 aromatic carbocycles. The summed E-state index contributed by atoms with van der Waals surface area (Å²) in [6.07, 6.45) is 11.8. The third-order valence-electron chi connectivity index (χ3n) is 5.22. The summed E-state index contributed by atoms with van der Waals surface area (Å²) in [7, 11) is 0. The molecule has 0 nitrogen and oxygen atoms in total. The van der Waals surface area contributed by atoms with Gasteiger partial charge >= 0.3 is 0 Å². The van der Waals surface area contributed by atoms with Crippen molar-refractivity contribution in [2.45, 2.75) is 52.4 Å². The summed E-state index contributed by atoms with van der Waals surface area (Å²) in [6, 6.07) is 0. The van der Waals surface area contributed by atoms with Gasteiger partial charge in [-0.1, -0.05) is 11.6 Å². The summed E-state index contributed by atoms with van der Waals surface area (Å²) in [5.41, 5.74) is 1.52. The van der Waals surface area contributed by atoms with Gasteiger partial charge in [-0.3, -0.25) is 0 Å². The molecule has 0 aliphatic heterocycles. The van der Waals surface area contributed by atoms with Crippen molar-refractivity contribution in [1.82, 2.24) is 0 Å². The fourth-order valence-corrected chi connectivity index (χ4v) is 4.79. The Morgan fingerprint density at radius 2 is 1.47 bits per heavy atom. The van der Waals surface area contributed by atoms with E-state index < -0.39 is 0 Å². The van der Waals surface area contributed by atoms with Crippen LogP contribution in [0.5, 0.6) is 0 Å². The molecule has 4 bridgehead atoms. The smallest absolute Gasteiger partial charge is 0.0314 e. The highest BCUT2D eigenvalue weighted by atomic mass is 14.5. The van der Waals surface area contributed by atoms with E-state index in [1.807, 2.05) is 0 Å². The third-order valence-corrected chi connectivity index (χ3v) is 5.22. The standard InChI is InChI=1S/C15H24/c1-10(2)3-4-15-13-6-11-5-12(8-13)9-14(15)7-11/h3,11-15H,4-9H2,1-2H3. The Balaban J connectivity index is 1.72. The second kappa shape index (κ2) is 3.64. The van der Waals surface area contributed by atoms with Crippen LogP contribution in [0.3, 0.4) is 0 Å². The molecule has 15 heavy (non-hydrogen) atoms. The Morgan fingerprint density at radius 3 is 1.93 bits per heavy atom. The second-order valence-corrected chi connectivity index (χ2v) is 6.61. The zero-order valence-electron chi connectivity index (χ0n) is 10.2. The first-order valence-electron chi connectivity index (χ1n) is 6.85. The molecule has 84 valence electrons. The minimum Gasteiger partial charge on any atom is -0.0856 e. The largest absolute Gasteiger partial charge is 0.0856 e. The summed E-state index contributed by atoms with van der Waals surface area (Å²) in [5.74, 6) is 5.55. The van der Waals surface area contributed by atoms with Crippen molar-refractivity contribution in [2.24, 2.45) is 29.6 Å². The second-order valence-electron chi connectivity index (χ2n) is 6.61. The van der Waals surface area contributed by atoms with Gasteiger partial charge in [0.1, 0.15) is 0 Å². The highest BCUT2D eigenvalue weighted by Gasteiger charge is 2.47. The normalized spacial score (nSPS) is 46.9. The predicted molar refractivity (Wildman–Crippen MR) is 64.6 cm³/mol. The molecule has 0 aromatic heterocycles. The van der Waals surface area contributed by atoms with E-state index in [9.17, 15) is 0 Å². The van der Waals surface area contributed by atoms with E-state index in [1.54, 1.807) is 32.1 Å². The molecule has 0 unspecified atom stereocenters. The van der Waals surface area contributed by atoms with Crippen molar-refractivity contribution in [3.63, 3.8) is 0 Å². The van der Waals surface area contributed by atoms with Gasteiger partial charge in [-0.05, 0) is 82.0 Å². The molecule has 0 heteroatoms. The van der Waals surface area contributed by atoms with Gasteiger partial charge in [0.2, 0.25) is 0 Å². The fraction of sp³-hybridized carbons (Fsp3) is 0.867. The Labute approximate surface area is 94.1 Å². The molecule has 4 rings (SSSR count). The van der Waals surface area contributed by atoms with E-state index >= 15 is 0 Å². The SMILES string of the molecule is CC(C)=CCC1C2CC3CC(C2)CC1C3. The molecule has 4 aliphatic carbocycles. The first-order chi connectivity index (χ1) is 7.22. The van der Waals surface area contributed by atoms with Gasteiger partial charge in [0.25, 0.3) is 0 Å². The lowest BCUT2D eigenvalue weighted by Gasteiger charge is -2.54. The van der Waals surface area contributed by atoms with Crippen molar-refractivity contribution < 1.29 is 0 Å². The molecule has 0 spiro atoms. The molecular weight excluding hydrogens is 180 g/mol. The van der Waals surface area contributed by atoms with Gasteiger partial charge < -0.3 is 0 Å². The summed E-state index contributed by atoms with van der Waals surface area (Å²) in [4.78, 5) is 0. The zero-order valence-corrected chi connectivity index (χ0v) is 10.2. The Kier molecular flexibility index (Phi) is 2.41. The van der Waals surface area contributed by atoms with Crippen LogP contribution in [0.25, 0.3) is 0 Å². The van der Waals surface area contributed by atoms with Crippen LogP contribution in [-0.2, 0) is 0 Å². The van der Waals surface area contributed by atoms with Crippen molar-refractivity contribution in [1.29, 1.82) is 0 Å². The molecule has 0 atom stereocenters. The van der Waals surface area contributed by atoms with E-state index in [1.165, 1.54) is 12.0 Å². The lowest BCUT2D eigenvalue weighted by molar-refractivity contribution is -0.0349. The minimum absolute atomic E-state index is 1.06. The lowest BCUT2D eigenvalue weighted by atomic mass is 9.51. The van der Waals surface area contributed by atoms with E-state index in [0.717, 1.165) is 29.6 Å². The molecule has 0 saturated heterocycles. The first-order valence-corrected chi connectivity index (χ1v) is 6.85. The van der Waals surface area contributed by atoms with Gasteiger partial charge in [-0.15, -0.1) is 0 Å². The molecule has 4 saturated carbocycles. The first kappa shape index (κ1) is 9.93. The zero-order chi connectivity index (χ0) is 10.4. The van der Waals surface area contributed by atoms with Crippen LogP contribution in [0.2, 0.25) is 0 Å². The van der Waals surface area contributed by atoms with Gasteiger partial charge in [-0.2, -0.15) is 0 Å². The quantitative estimate of drug-likeness (QED) is 0.584. The molecule has 0 radical (unpaired) electrons. The number of hydrogen-bond acceptors (Lipinski definition) is 0. The Morgan fingerprint density at radius 1 is 0.933 bits per heavy atom. The number of hydrogen-bond donors (Lipinski definition) is 0. The maximum Gasteiger partial charge on any atom is -0.0314 e. The Bertz CT molecular complexity index is 242. The summed E-state index contributed by atoms with van der Waals surface area (Å²) in [5, 5.41) is 0. The van der Waals surface area contributed by atoms with Gasteiger partial charge in [0.15, 0.2) is 0 Å². The number of allylic oxidation sites excluding steroid dienone is 2. The number of rotatable bonds is 2. The summed E-state index contributed by atoms with van der Waals surface area (Å²) in [6.45, 7) is 4.49. The minimum atomic E-state index is 1.06. The van der Waals surface area contributed by atoms with Gasteiger partial charge in [0.05, 0.1) is 0 Å². The Hall–Kier alpha value is -0.260. The van der Waals surface area contributed by atoms with E-state index in [2.05, 4.69) is 19.9 Å². The molecular formula is C15H24. The van der Waals surface area contributed by atoms with Crippen molar-refractivity contribution in [3.05, 3.63) is 11.6 Å². The molecule has 4 aliphatic rings. The molecule has 4 fully saturated rings. The van der Waals surface area contributed by atoms with Crippen LogP contribution in [-0.4, -0.2) is 0 Å². The van der Waals surface area contributed by atoms with Crippen LogP contribution in [0.4, 0.5) is 0 Å². The molecule has 0 amide bonds. The van der Waals surface area contributed by atoms with E-state index in [0.29, 0.717) is 0 Å². The van der Waals surface area contributed by atoms with Crippen molar-refractivity contribution >= 4 is 0 Å². The predicted octanol–water partition coefficient (Wildman–Crippen LogP) is 4.42. The van der Waals surface area contributed by atoms with E-state index in [4.69, 9.17) is 0 Å². The van der Waals surface area contributed by atoms with E-state index in [-0.39, 0.29) is 0 Å². The van der Waals surface area contributed by atoms with Crippen LogP contribution in [0.15, 0.2) is 11.6 Å². The molecule has 0 N–H and O–H groups in total. The third kappa shape index (κ3) is 1.77. The highest BCUT2D eigenvalue weighted by molar-refractivity contribution is 5.02. The average molecular weight is 204 g/mol. The lowest BCUT2D eigenvalue weighted by Crippen LogP contribution is -2.44. The van der Waals surface area contributed by atoms with Gasteiger partial charge in [-0.25, -0.2) is 0 Å². The molecule has 0 aromatic rings. The fourth-order valence-electron chi connectivity index (χ4n) is 4.79. The van der Waals surface area contributed by atoms with Crippen LogP contribution < -0.4 is 0 Å². The van der Waals surface area contributed by atoms with Crippen LogP contribution in [0.1, 0.15) is 52.4 Å².